The third-order valence-corrected chi connectivity index (χ3v) is 9.83. The van der Waals surface area contributed by atoms with Gasteiger partial charge in [-0.05, 0) is 0 Å². The van der Waals surface area contributed by atoms with Gasteiger partial charge in [-0.3, -0.25) is 0 Å². The standard InChI is InChI=1S/C23H15.2ClH.Zr/c1-3-9-20-16(6-1)8-5-11-22(20)18-12-13-23-19(15-18)14-17-7-2-4-10-21(17)23;;;/h1-13H,14H2;2*1H;/q;;;+2/p-2. The molecule has 1 aliphatic rings. The molecule has 1 aliphatic carbocycles. The fourth-order valence-electron chi connectivity index (χ4n) is 4.11. The zero-order chi connectivity index (χ0) is 17.7. The first kappa shape index (κ1) is 16.8. The van der Waals surface area contributed by atoms with E-state index in [2.05, 4.69) is 78.9 Å². The monoisotopic (exact) mass is 451 g/mol. The summed E-state index contributed by atoms with van der Waals surface area (Å²) in [6.45, 7) is 0. The molecule has 0 amide bonds. The molecule has 26 heavy (non-hydrogen) atoms. The van der Waals surface area contributed by atoms with Gasteiger partial charge in [0, 0.05) is 0 Å². The second-order valence-corrected chi connectivity index (χ2v) is 14.8. The predicted octanol–water partition coefficient (Wildman–Crippen LogP) is 6.63. The Hall–Kier alpha value is -1.40. The van der Waals surface area contributed by atoms with Crippen molar-refractivity contribution in [2.75, 3.05) is 0 Å². The first-order valence-corrected chi connectivity index (χ1v) is 16.2. The topological polar surface area (TPSA) is 0 Å². The second-order valence-electron chi connectivity index (χ2n) is 6.64. The van der Waals surface area contributed by atoms with E-state index in [0.717, 1.165) is 6.42 Å². The molecule has 4 aromatic carbocycles. The molecular formula is C23H15Cl2Zr. The Kier molecular flexibility index (Phi) is 4.28. The average molecular weight is 454 g/mol. The van der Waals surface area contributed by atoms with E-state index < -0.39 is 19.4 Å². The molecule has 0 radical (unpaired) electrons. The fraction of sp³-hybridized carbons (Fsp3) is 0.0435. The van der Waals surface area contributed by atoms with Crippen molar-refractivity contribution in [3.8, 4) is 22.3 Å². The molecule has 3 heteroatoms. The Morgan fingerprint density at radius 2 is 1.31 bits per heavy atom. The van der Waals surface area contributed by atoms with Gasteiger partial charge in [-0.2, -0.15) is 0 Å². The number of rotatable bonds is 2. The predicted molar refractivity (Wildman–Crippen MR) is 109 cm³/mol. The Bertz CT molecular complexity index is 1140. The summed E-state index contributed by atoms with van der Waals surface area (Å²) in [5.74, 6) is 0. The van der Waals surface area contributed by atoms with Crippen LogP contribution >= 0.6 is 17.0 Å². The molecule has 0 saturated carbocycles. The second kappa shape index (κ2) is 6.64. The maximum absolute atomic E-state index is 6.70. The summed E-state index contributed by atoms with van der Waals surface area (Å²) < 4.78 is 1.24. The van der Waals surface area contributed by atoms with Crippen molar-refractivity contribution in [2.45, 2.75) is 6.42 Å². The molecule has 0 spiro atoms. The van der Waals surface area contributed by atoms with Crippen molar-refractivity contribution >= 4 is 31.1 Å². The summed E-state index contributed by atoms with van der Waals surface area (Å²) in [4.78, 5) is 0. The Morgan fingerprint density at radius 3 is 2.19 bits per heavy atom. The van der Waals surface area contributed by atoms with Crippen molar-refractivity contribution in [3.05, 3.63) is 90.0 Å². The summed E-state index contributed by atoms with van der Waals surface area (Å²) in [5.41, 5.74) is 7.79. The van der Waals surface area contributed by atoms with E-state index in [1.165, 1.54) is 47.4 Å². The first-order valence-electron chi connectivity index (χ1n) is 8.64. The quantitative estimate of drug-likeness (QED) is 0.281. The van der Waals surface area contributed by atoms with Gasteiger partial charge in [0.2, 0.25) is 0 Å². The van der Waals surface area contributed by atoms with Crippen LogP contribution in [-0.4, -0.2) is 0 Å². The maximum atomic E-state index is 6.70. The van der Waals surface area contributed by atoms with Crippen LogP contribution in [0.15, 0.2) is 78.9 Å². The summed E-state index contributed by atoms with van der Waals surface area (Å²) >= 11 is -2.67. The van der Waals surface area contributed by atoms with Gasteiger partial charge in [0.1, 0.15) is 0 Å². The van der Waals surface area contributed by atoms with E-state index in [-0.39, 0.29) is 0 Å². The molecule has 0 nitrogen and oxygen atoms in total. The summed E-state index contributed by atoms with van der Waals surface area (Å²) in [7, 11) is 13.4. The molecule has 125 valence electrons. The van der Waals surface area contributed by atoms with E-state index in [1.54, 1.807) is 0 Å². The number of fused-ring (bicyclic) bond motifs is 4. The van der Waals surface area contributed by atoms with E-state index >= 15 is 0 Å². The van der Waals surface area contributed by atoms with Gasteiger partial charge in [-0.1, -0.05) is 0 Å². The summed E-state index contributed by atoms with van der Waals surface area (Å²) in [6, 6.07) is 28.1. The van der Waals surface area contributed by atoms with Crippen LogP contribution in [0, 0.1) is 0 Å². The van der Waals surface area contributed by atoms with E-state index in [0.29, 0.717) is 0 Å². The van der Waals surface area contributed by atoms with Crippen LogP contribution in [-0.2, 0) is 25.8 Å². The van der Waals surface area contributed by atoms with Crippen LogP contribution in [0.1, 0.15) is 11.1 Å². The number of benzene rings is 4. The van der Waals surface area contributed by atoms with Gasteiger partial charge in [0.05, 0.1) is 0 Å². The summed E-state index contributed by atoms with van der Waals surface area (Å²) in [5, 5.41) is 2.50. The molecule has 0 fully saturated rings. The van der Waals surface area contributed by atoms with Crippen LogP contribution < -0.4 is 3.27 Å². The van der Waals surface area contributed by atoms with Gasteiger partial charge < -0.3 is 0 Å². The Balaban J connectivity index is 1.80. The normalized spacial score (nSPS) is 12.1. The van der Waals surface area contributed by atoms with E-state index in [4.69, 9.17) is 17.0 Å². The third-order valence-electron chi connectivity index (χ3n) is 5.26. The average Bonchev–Trinajstić information content (AvgIpc) is 3.05. The molecule has 0 atom stereocenters. The molecular weight excluding hydrogens is 438 g/mol. The molecule has 0 aliphatic heterocycles. The minimum absolute atomic E-state index is 0.933. The van der Waals surface area contributed by atoms with Crippen molar-refractivity contribution in [1.82, 2.24) is 0 Å². The van der Waals surface area contributed by atoms with Crippen molar-refractivity contribution in [1.29, 1.82) is 0 Å². The number of hydrogen-bond acceptors (Lipinski definition) is 0. The molecule has 0 bridgehead atoms. The van der Waals surface area contributed by atoms with Gasteiger partial charge in [0.15, 0.2) is 0 Å². The molecule has 0 aromatic heterocycles. The van der Waals surface area contributed by atoms with Crippen LogP contribution in [0.25, 0.3) is 33.0 Å². The van der Waals surface area contributed by atoms with Gasteiger partial charge >= 0.3 is 169 Å². The molecule has 0 saturated heterocycles. The minimum atomic E-state index is -2.67. The van der Waals surface area contributed by atoms with E-state index in [1.807, 2.05) is 0 Å². The molecule has 0 N–H and O–H groups in total. The van der Waals surface area contributed by atoms with Crippen molar-refractivity contribution in [3.63, 3.8) is 0 Å². The molecule has 5 rings (SSSR count). The Labute approximate surface area is 168 Å². The van der Waals surface area contributed by atoms with Crippen LogP contribution in [0.5, 0.6) is 0 Å². The summed E-state index contributed by atoms with van der Waals surface area (Å²) in [6.07, 6.45) is 0.933. The molecule has 4 aromatic rings. The van der Waals surface area contributed by atoms with Gasteiger partial charge in [0.25, 0.3) is 0 Å². The Morgan fingerprint density at radius 1 is 0.615 bits per heavy atom. The zero-order valence-corrected chi connectivity index (χ0v) is 17.9. The van der Waals surface area contributed by atoms with Gasteiger partial charge in [-0.15, -0.1) is 0 Å². The van der Waals surface area contributed by atoms with Gasteiger partial charge in [-0.25, -0.2) is 0 Å². The molecule has 0 unspecified atom stereocenters. The zero-order valence-electron chi connectivity index (χ0n) is 14.0. The number of halogens is 2. The van der Waals surface area contributed by atoms with E-state index in [9.17, 15) is 0 Å². The van der Waals surface area contributed by atoms with Crippen LogP contribution in [0.3, 0.4) is 0 Å². The van der Waals surface area contributed by atoms with Crippen molar-refractivity contribution in [2.24, 2.45) is 0 Å². The van der Waals surface area contributed by atoms with Crippen LogP contribution in [0.2, 0.25) is 0 Å². The van der Waals surface area contributed by atoms with Crippen molar-refractivity contribution < 1.29 is 19.4 Å². The first-order chi connectivity index (χ1) is 12.7. The van der Waals surface area contributed by atoms with Crippen LogP contribution in [0.4, 0.5) is 0 Å². The number of hydrogen-bond donors (Lipinski definition) is 0. The third kappa shape index (κ3) is 2.61. The SMILES string of the molecule is [Cl][Zr]([Cl])[c]1c(-c2cccc3ccccc23)ccc2c1Cc1ccccc1-2. The fourth-order valence-corrected chi connectivity index (χ4v) is 8.81. The molecule has 0 heterocycles.